The Hall–Kier alpha value is -2.29. The van der Waals surface area contributed by atoms with E-state index in [2.05, 4.69) is 20.8 Å². The van der Waals surface area contributed by atoms with E-state index >= 15 is 0 Å². The number of carbonyl (C=O) groups is 1. The van der Waals surface area contributed by atoms with Gasteiger partial charge in [0, 0.05) is 0 Å². The van der Waals surface area contributed by atoms with Gasteiger partial charge >= 0.3 is 5.97 Å². The summed E-state index contributed by atoms with van der Waals surface area (Å²) < 4.78 is 11.2. The quantitative estimate of drug-likeness (QED) is 0.405. The zero-order valence-electron chi connectivity index (χ0n) is 16.3. The maximum absolute atomic E-state index is 12.3. The van der Waals surface area contributed by atoms with Gasteiger partial charge in [-0.15, -0.1) is 0 Å². The Morgan fingerprint density at radius 1 is 0.885 bits per heavy atom. The molecule has 0 unspecified atom stereocenters. The molecule has 3 nitrogen and oxygen atoms in total. The number of esters is 1. The summed E-state index contributed by atoms with van der Waals surface area (Å²) in [6.07, 6.45) is 4.54. The molecule has 26 heavy (non-hydrogen) atoms. The Balaban J connectivity index is 1.90. The van der Waals surface area contributed by atoms with Crippen LogP contribution in [-0.2, 0) is 6.42 Å². The van der Waals surface area contributed by atoms with Crippen molar-refractivity contribution in [2.75, 3.05) is 0 Å². The number of aryl methyl sites for hydroxylation is 1. The number of rotatable bonds is 9. The van der Waals surface area contributed by atoms with Gasteiger partial charge in [-0.2, -0.15) is 0 Å². The van der Waals surface area contributed by atoms with Gasteiger partial charge in [0.25, 0.3) is 0 Å². The SMILES string of the molecule is CC[C@H](C)CCc1ccc(OC(=O)c2ccc(O[C@H](C)CC)cc2)cc1. The minimum Gasteiger partial charge on any atom is -0.491 e. The highest BCUT2D eigenvalue weighted by molar-refractivity contribution is 5.91. The second-order valence-electron chi connectivity index (χ2n) is 6.95. The van der Waals surface area contributed by atoms with Gasteiger partial charge in [0.15, 0.2) is 0 Å². The van der Waals surface area contributed by atoms with Crippen LogP contribution >= 0.6 is 0 Å². The van der Waals surface area contributed by atoms with Crippen molar-refractivity contribution in [3.8, 4) is 11.5 Å². The van der Waals surface area contributed by atoms with E-state index in [1.807, 2.05) is 31.2 Å². The van der Waals surface area contributed by atoms with Crippen molar-refractivity contribution < 1.29 is 14.3 Å². The molecule has 0 N–H and O–H groups in total. The van der Waals surface area contributed by atoms with Gasteiger partial charge in [0.1, 0.15) is 11.5 Å². The standard InChI is InChI=1S/C23H30O3/c1-5-17(3)7-8-19-9-13-22(14-10-19)26-23(24)20-11-15-21(16-12-20)25-18(4)6-2/h9-18H,5-8H2,1-4H3/t17-,18+/m0/s1. The van der Waals surface area contributed by atoms with E-state index in [1.165, 1.54) is 18.4 Å². The van der Waals surface area contributed by atoms with E-state index in [9.17, 15) is 4.79 Å². The molecule has 0 aromatic heterocycles. The van der Waals surface area contributed by atoms with Crippen molar-refractivity contribution in [2.45, 2.75) is 59.5 Å². The summed E-state index contributed by atoms with van der Waals surface area (Å²) in [5.74, 6) is 1.72. The fourth-order valence-electron chi connectivity index (χ4n) is 2.49. The molecule has 0 saturated heterocycles. The maximum atomic E-state index is 12.3. The topological polar surface area (TPSA) is 35.5 Å². The molecule has 2 aromatic carbocycles. The normalized spacial score (nSPS) is 13.1. The first-order chi connectivity index (χ1) is 12.5. The second kappa shape index (κ2) is 10.0. The van der Waals surface area contributed by atoms with E-state index in [1.54, 1.807) is 24.3 Å². The molecule has 0 saturated carbocycles. The lowest BCUT2D eigenvalue weighted by molar-refractivity contribution is 0.0734. The van der Waals surface area contributed by atoms with Crippen LogP contribution in [-0.4, -0.2) is 12.1 Å². The Morgan fingerprint density at radius 2 is 1.50 bits per heavy atom. The molecule has 0 radical (unpaired) electrons. The predicted octanol–water partition coefficient (Wildman–Crippen LogP) is 6.06. The highest BCUT2D eigenvalue weighted by Crippen LogP contribution is 2.19. The summed E-state index contributed by atoms with van der Waals surface area (Å²) in [6.45, 7) is 8.59. The van der Waals surface area contributed by atoms with Crippen LogP contribution in [0.2, 0.25) is 0 Å². The third kappa shape index (κ3) is 6.21. The highest BCUT2D eigenvalue weighted by atomic mass is 16.5. The van der Waals surface area contributed by atoms with Crippen LogP contribution in [0.5, 0.6) is 11.5 Å². The predicted molar refractivity (Wildman–Crippen MR) is 106 cm³/mol. The van der Waals surface area contributed by atoms with Crippen LogP contribution in [0.25, 0.3) is 0 Å². The molecule has 0 aliphatic heterocycles. The van der Waals surface area contributed by atoms with Crippen molar-refractivity contribution in [3.05, 3.63) is 59.7 Å². The van der Waals surface area contributed by atoms with E-state index in [4.69, 9.17) is 9.47 Å². The molecule has 0 fully saturated rings. The Kier molecular flexibility index (Phi) is 7.71. The number of ether oxygens (including phenoxy) is 2. The van der Waals surface area contributed by atoms with Gasteiger partial charge in [0.2, 0.25) is 0 Å². The molecule has 0 bridgehead atoms. The number of carbonyl (C=O) groups excluding carboxylic acids is 1. The molecular formula is C23H30O3. The summed E-state index contributed by atoms with van der Waals surface area (Å²) in [6, 6.07) is 14.9. The summed E-state index contributed by atoms with van der Waals surface area (Å²) >= 11 is 0. The smallest absolute Gasteiger partial charge is 0.343 e. The third-order valence-corrected chi connectivity index (χ3v) is 4.76. The van der Waals surface area contributed by atoms with E-state index < -0.39 is 0 Å². The van der Waals surface area contributed by atoms with E-state index in [0.29, 0.717) is 11.3 Å². The van der Waals surface area contributed by atoms with Gasteiger partial charge in [-0.3, -0.25) is 0 Å². The molecule has 2 aromatic rings. The molecule has 3 heteroatoms. The molecule has 0 aliphatic carbocycles. The Bertz CT molecular complexity index is 674. The fourth-order valence-corrected chi connectivity index (χ4v) is 2.49. The third-order valence-electron chi connectivity index (χ3n) is 4.76. The molecular weight excluding hydrogens is 324 g/mol. The molecule has 0 heterocycles. The van der Waals surface area contributed by atoms with Crippen molar-refractivity contribution >= 4 is 5.97 Å². The number of hydrogen-bond acceptors (Lipinski definition) is 3. The van der Waals surface area contributed by atoms with Crippen LogP contribution < -0.4 is 9.47 Å². The Labute approximate surface area is 157 Å². The average molecular weight is 354 g/mol. The summed E-state index contributed by atoms with van der Waals surface area (Å²) in [4.78, 5) is 12.3. The zero-order chi connectivity index (χ0) is 18.9. The lowest BCUT2D eigenvalue weighted by atomic mass is 9.99. The maximum Gasteiger partial charge on any atom is 0.343 e. The largest absolute Gasteiger partial charge is 0.491 e. The van der Waals surface area contributed by atoms with Crippen molar-refractivity contribution in [1.29, 1.82) is 0 Å². The first-order valence-corrected chi connectivity index (χ1v) is 9.59. The van der Waals surface area contributed by atoms with Crippen LogP contribution in [0.3, 0.4) is 0 Å². The van der Waals surface area contributed by atoms with Crippen molar-refractivity contribution in [1.82, 2.24) is 0 Å². The molecule has 2 atom stereocenters. The fraction of sp³-hybridized carbons (Fsp3) is 0.435. The molecule has 140 valence electrons. The van der Waals surface area contributed by atoms with E-state index in [0.717, 1.165) is 24.5 Å². The minimum atomic E-state index is -0.354. The molecule has 2 rings (SSSR count). The Morgan fingerprint density at radius 3 is 2.08 bits per heavy atom. The highest BCUT2D eigenvalue weighted by Gasteiger charge is 2.10. The second-order valence-corrected chi connectivity index (χ2v) is 6.95. The first kappa shape index (κ1) is 20.0. The van der Waals surface area contributed by atoms with Crippen molar-refractivity contribution in [3.63, 3.8) is 0 Å². The number of benzene rings is 2. The van der Waals surface area contributed by atoms with Crippen molar-refractivity contribution in [2.24, 2.45) is 5.92 Å². The lowest BCUT2D eigenvalue weighted by Crippen LogP contribution is -2.11. The van der Waals surface area contributed by atoms with Gasteiger partial charge in [-0.05, 0) is 74.1 Å². The minimum absolute atomic E-state index is 0.159. The molecule has 0 spiro atoms. The first-order valence-electron chi connectivity index (χ1n) is 9.59. The summed E-state index contributed by atoms with van der Waals surface area (Å²) in [5.41, 5.74) is 1.79. The van der Waals surface area contributed by atoms with Crippen LogP contribution in [0.1, 0.15) is 62.9 Å². The van der Waals surface area contributed by atoms with Crippen LogP contribution in [0.4, 0.5) is 0 Å². The average Bonchev–Trinajstić information content (AvgIpc) is 2.67. The molecule has 0 amide bonds. The number of hydrogen-bond donors (Lipinski definition) is 0. The van der Waals surface area contributed by atoms with Gasteiger partial charge in [0.05, 0.1) is 11.7 Å². The summed E-state index contributed by atoms with van der Waals surface area (Å²) in [5, 5.41) is 0. The lowest BCUT2D eigenvalue weighted by Gasteiger charge is -2.12. The van der Waals surface area contributed by atoms with Gasteiger partial charge in [-0.25, -0.2) is 4.79 Å². The monoisotopic (exact) mass is 354 g/mol. The van der Waals surface area contributed by atoms with E-state index in [-0.39, 0.29) is 12.1 Å². The van der Waals surface area contributed by atoms with Crippen LogP contribution in [0, 0.1) is 5.92 Å². The zero-order valence-corrected chi connectivity index (χ0v) is 16.3. The van der Waals surface area contributed by atoms with Gasteiger partial charge in [-0.1, -0.05) is 39.3 Å². The summed E-state index contributed by atoms with van der Waals surface area (Å²) in [7, 11) is 0. The van der Waals surface area contributed by atoms with Crippen LogP contribution in [0.15, 0.2) is 48.5 Å². The van der Waals surface area contributed by atoms with Gasteiger partial charge < -0.3 is 9.47 Å². The molecule has 0 aliphatic rings.